The second kappa shape index (κ2) is 8.07. The van der Waals surface area contributed by atoms with E-state index in [-0.39, 0.29) is 5.41 Å². The summed E-state index contributed by atoms with van der Waals surface area (Å²) in [5.74, 6) is 0. The van der Waals surface area contributed by atoms with Crippen LogP contribution in [0.15, 0.2) is 23.8 Å². The molecule has 1 rings (SSSR count). The molecule has 0 heterocycles. The van der Waals surface area contributed by atoms with E-state index in [0.29, 0.717) is 13.1 Å². The lowest BCUT2D eigenvalue weighted by Gasteiger charge is -2.33. The zero-order valence-electron chi connectivity index (χ0n) is 12.9. The summed E-state index contributed by atoms with van der Waals surface area (Å²) < 4.78 is 16.3. The van der Waals surface area contributed by atoms with Crippen LogP contribution in [0.5, 0.6) is 0 Å². The monoisotopic (exact) mass is 300 g/mol. The molecule has 1 aliphatic rings. The van der Waals surface area contributed by atoms with Gasteiger partial charge in [-0.1, -0.05) is 23.8 Å². The molecule has 0 radical (unpaired) electrons. The quantitative estimate of drug-likeness (QED) is 0.630. The highest BCUT2D eigenvalue weighted by atomic mass is 28.4. The van der Waals surface area contributed by atoms with Gasteiger partial charge in [-0.2, -0.15) is 0 Å². The van der Waals surface area contributed by atoms with Gasteiger partial charge >= 0.3 is 8.80 Å². The van der Waals surface area contributed by atoms with Gasteiger partial charge in [-0.05, 0) is 19.3 Å². The predicted octanol–water partition coefficient (Wildman–Crippen LogP) is 1.43. The molecule has 0 saturated heterocycles. The zero-order chi connectivity index (χ0) is 15.1. The summed E-state index contributed by atoms with van der Waals surface area (Å²) in [6.45, 7) is 1.22. The summed E-state index contributed by atoms with van der Waals surface area (Å²) in [4.78, 5) is 0. The van der Waals surface area contributed by atoms with Crippen LogP contribution in [-0.2, 0) is 13.3 Å². The molecule has 0 amide bonds. The third-order valence-corrected chi connectivity index (χ3v) is 6.95. The fraction of sp³-hybridized carbons (Fsp3) is 0.714. The Morgan fingerprint density at radius 2 is 1.85 bits per heavy atom. The maximum absolute atomic E-state index is 6.00. The van der Waals surface area contributed by atoms with E-state index in [1.165, 1.54) is 5.57 Å². The van der Waals surface area contributed by atoms with Gasteiger partial charge in [-0.15, -0.1) is 0 Å². The fourth-order valence-electron chi connectivity index (χ4n) is 2.73. The number of nitrogens with two attached hydrogens (primary N) is 2. The molecular weight excluding hydrogens is 272 g/mol. The first-order chi connectivity index (χ1) is 9.59. The Balaban J connectivity index is 2.59. The van der Waals surface area contributed by atoms with E-state index < -0.39 is 8.80 Å². The summed E-state index contributed by atoms with van der Waals surface area (Å²) in [7, 11) is 2.46. The largest absolute Gasteiger partial charge is 0.500 e. The predicted molar refractivity (Wildman–Crippen MR) is 83.2 cm³/mol. The molecule has 0 aromatic rings. The molecule has 6 heteroatoms. The van der Waals surface area contributed by atoms with E-state index in [4.69, 9.17) is 24.7 Å². The second-order valence-corrected chi connectivity index (χ2v) is 8.37. The molecule has 0 aliphatic heterocycles. The molecule has 4 N–H and O–H groups in total. The highest BCUT2D eigenvalue weighted by Gasteiger charge is 2.38. The van der Waals surface area contributed by atoms with Crippen molar-refractivity contribution in [2.24, 2.45) is 16.9 Å². The van der Waals surface area contributed by atoms with Crippen molar-refractivity contribution >= 4 is 8.80 Å². The number of rotatable bonds is 9. The third kappa shape index (κ3) is 4.24. The van der Waals surface area contributed by atoms with E-state index in [9.17, 15) is 0 Å². The Hall–Kier alpha value is -0.503. The van der Waals surface area contributed by atoms with Crippen LogP contribution in [0.4, 0.5) is 0 Å². The first kappa shape index (κ1) is 17.5. The van der Waals surface area contributed by atoms with Crippen LogP contribution in [0.2, 0.25) is 6.04 Å². The zero-order valence-corrected chi connectivity index (χ0v) is 13.9. The first-order valence-corrected chi connectivity index (χ1v) is 8.95. The van der Waals surface area contributed by atoms with Gasteiger partial charge in [0.05, 0.1) is 0 Å². The number of hydrogen-bond donors (Lipinski definition) is 2. The molecule has 1 atom stereocenters. The fourth-order valence-corrected chi connectivity index (χ4v) is 4.45. The summed E-state index contributed by atoms with van der Waals surface area (Å²) in [5, 5.41) is 0. The lowest BCUT2D eigenvalue weighted by molar-refractivity contribution is 0.121. The molecule has 0 bridgehead atoms. The Morgan fingerprint density at radius 1 is 1.20 bits per heavy atom. The minimum atomic E-state index is -2.48. The molecule has 20 heavy (non-hydrogen) atoms. The van der Waals surface area contributed by atoms with Gasteiger partial charge in [0.1, 0.15) is 0 Å². The average Bonchev–Trinajstić information content (AvgIpc) is 2.52. The van der Waals surface area contributed by atoms with Crippen molar-refractivity contribution in [3.8, 4) is 0 Å². The van der Waals surface area contributed by atoms with Crippen LogP contribution in [0.1, 0.15) is 19.3 Å². The van der Waals surface area contributed by atoms with E-state index in [1.807, 2.05) is 0 Å². The summed E-state index contributed by atoms with van der Waals surface area (Å²) >= 11 is 0. The van der Waals surface area contributed by atoms with Crippen molar-refractivity contribution in [3.63, 3.8) is 0 Å². The van der Waals surface area contributed by atoms with Gasteiger partial charge in [0.15, 0.2) is 0 Å². The maximum atomic E-state index is 6.00. The standard InChI is InChI=1S/C14H28N2O3Si/c1-17-20(18-2,19-3)9-5-8-14(12-16)7-4-6-13(10-14)11-15/h4,6-7H,5,8-12,15-16H2,1-3H3. The van der Waals surface area contributed by atoms with Crippen molar-refractivity contribution in [3.05, 3.63) is 23.8 Å². The molecule has 0 aromatic carbocycles. The van der Waals surface area contributed by atoms with Crippen LogP contribution in [0.3, 0.4) is 0 Å². The van der Waals surface area contributed by atoms with Gasteiger partial charge in [-0.3, -0.25) is 0 Å². The van der Waals surface area contributed by atoms with Crippen molar-refractivity contribution in [1.29, 1.82) is 0 Å². The number of hydrogen-bond acceptors (Lipinski definition) is 5. The Morgan fingerprint density at radius 3 is 2.35 bits per heavy atom. The topological polar surface area (TPSA) is 79.7 Å². The molecule has 1 aliphatic carbocycles. The molecule has 0 saturated carbocycles. The van der Waals surface area contributed by atoms with Crippen LogP contribution >= 0.6 is 0 Å². The Labute approximate surface area is 123 Å². The van der Waals surface area contributed by atoms with Crippen molar-refractivity contribution in [2.45, 2.75) is 25.3 Å². The van der Waals surface area contributed by atoms with Crippen molar-refractivity contribution in [2.75, 3.05) is 34.4 Å². The molecule has 0 spiro atoms. The first-order valence-electron chi connectivity index (χ1n) is 7.02. The lowest BCUT2D eigenvalue weighted by atomic mass is 9.75. The van der Waals surface area contributed by atoms with Crippen LogP contribution in [0, 0.1) is 5.41 Å². The summed E-state index contributed by atoms with van der Waals surface area (Å²) in [6.07, 6.45) is 9.27. The third-order valence-electron chi connectivity index (χ3n) is 4.12. The van der Waals surface area contributed by atoms with Gasteiger partial charge in [0.2, 0.25) is 0 Å². The summed E-state index contributed by atoms with van der Waals surface area (Å²) in [6, 6.07) is 0.799. The van der Waals surface area contributed by atoms with E-state index in [2.05, 4.69) is 18.2 Å². The van der Waals surface area contributed by atoms with Gasteiger partial charge in [-0.25, -0.2) is 0 Å². The smallest absolute Gasteiger partial charge is 0.377 e. The van der Waals surface area contributed by atoms with Crippen molar-refractivity contribution < 1.29 is 13.3 Å². The highest BCUT2D eigenvalue weighted by Crippen LogP contribution is 2.36. The van der Waals surface area contributed by atoms with E-state index in [0.717, 1.165) is 25.3 Å². The van der Waals surface area contributed by atoms with Gasteiger partial charge in [0.25, 0.3) is 0 Å². The normalized spacial score (nSPS) is 22.9. The van der Waals surface area contributed by atoms with E-state index in [1.54, 1.807) is 21.3 Å². The Bertz CT molecular complexity index is 348. The van der Waals surface area contributed by atoms with E-state index >= 15 is 0 Å². The second-order valence-electron chi connectivity index (χ2n) is 5.28. The maximum Gasteiger partial charge on any atom is 0.500 e. The van der Waals surface area contributed by atoms with Crippen LogP contribution in [-0.4, -0.2) is 43.2 Å². The highest BCUT2D eigenvalue weighted by molar-refractivity contribution is 6.60. The van der Waals surface area contributed by atoms with Gasteiger partial charge in [0, 0.05) is 45.9 Å². The average molecular weight is 300 g/mol. The minimum Gasteiger partial charge on any atom is -0.377 e. The van der Waals surface area contributed by atoms with Crippen LogP contribution < -0.4 is 11.5 Å². The molecule has 116 valence electrons. The van der Waals surface area contributed by atoms with Gasteiger partial charge < -0.3 is 24.7 Å². The minimum absolute atomic E-state index is 0.0127. The van der Waals surface area contributed by atoms with Crippen molar-refractivity contribution in [1.82, 2.24) is 0 Å². The lowest BCUT2D eigenvalue weighted by Crippen LogP contribution is -2.43. The van der Waals surface area contributed by atoms with Crippen LogP contribution in [0.25, 0.3) is 0 Å². The molecule has 0 aromatic heterocycles. The molecular formula is C14H28N2O3Si. The Kier molecular flexibility index (Phi) is 7.08. The molecule has 0 fully saturated rings. The SMILES string of the molecule is CO[Si](CCCC1(CN)C=CC=C(CN)C1)(OC)OC. The molecule has 5 nitrogen and oxygen atoms in total. The number of allylic oxidation sites excluding steroid dienone is 2. The molecule has 1 unspecified atom stereocenters. The summed E-state index contributed by atoms with van der Waals surface area (Å²) in [5.41, 5.74) is 13.0.